The predicted octanol–water partition coefficient (Wildman–Crippen LogP) is -0.00250. The van der Waals surface area contributed by atoms with E-state index in [4.69, 9.17) is 5.73 Å². The Labute approximate surface area is 157 Å². The normalized spacial score (nSPS) is 21.8. The molecule has 144 valence electrons. The second kappa shape index (κ2) is 6.66. The fraction of sp³-hybridized carbons (Fsp3) is 0.444. The molecule has 0 radical (unpaired) electrons. The first-order valence-corrected chi connectivity index (χ1v) is 8.67. The third kappa shape index (κ3) is 2.84. The van der Waals surface area contributed by atoms with Gasteiger partial charge >= 0.3 is 6.03 Å². The Morgan fingerprint density at radius 1 is 1.15 bits per heavy atom. The Bertz CT molecular complexity index is 806. The van der Waals surface area contributed by atoms with Crippen LogP contribution in [0, 0.1) is 0 Å². The molecule has 1 aromatic rings. The van der Waals surface area contributed by atoms with E-state index in [1.807, 2.05) is 0 Å². The van der Waals surface area contributed by atoms with Crippen molar-refractivity contribution in [2.45, 2.75) is 18.4 Å². The van der Waals surface area contributed by atoms with E-state index in [2.05, 4.69) is 0 Å². The van der Waals surface area contributed by atoms with E-state index in [9.17, 15) is 19.2 Å². The van der Waals surface area contributed by atoms with Crippen molar-refractivity contribution in [1.82, 2.24) is 9.80 Å². The van der Waals surface area contributed by atoms with Crippen LogP contribution < -0.4 is 15.5 Å². The fourth-order valence-electron chi connectivity index (χ4n) is 3.63. The van der Waals surface area contributed by atoms with Gasteiger partial charge in [0.05, 0.1) is 12.2 Å². The summed E-state index contributed by atoms with van der Waals surface area (Å²) >= 11 is 0. The zero-order valence-corrected chi connectivity index (χ0v) is 15.6. The largest absolute Gasteiger partial charge is 0.367 e. The Hall–Kier alpha value is -2.94. The number of carbonyl (C=O) groups excluding carboxylic acids is 4. The molecule has 0 aliphatic carbocycles. The predicted molar refractivity (Wildman–Crippen MR) is 99.2 cm³/mol. The van der Waals surface area contributed by atoms with E-state index >= 15 is 0 Å². The molecule has 0 aromatic heterocycles. The highest BCUT2D eigenvalue weighted by atomic mass is 16.2. The number of primary amides is 1. The maximum atomic E-state index is 12.9. The molecule has 27 heavy (non-hydrogen) atoms. The highest BCUT2D eigenvalue weighted by Gasteiger charge is 2.63. The van der Waals surface area contributed by atoms with Gasteiger partial charge in [0, 0.05) is 19.3 Å². The van der Waals surface area contributed by atoms with Gasteiger partial charge in [-0.05, 0) is 51.2 Å². The quantitative estimate of drug-likeness (QED) is 0.577. The number of amides is 5. The lowest BCUT2D eigenvalue weighted by Gasteiger charge is -2.23. The fourth-order valence-corrected chi connectivity index (χ4v) is 3.63. The van der Waals surface area contributed by atoms with Crippen molar-refractivity contribution in [1.29, 1.82) is 0 Å². The molecule has 2 aliphatic rings. The monoisotopic (exact) mass is 373 g/mol. The first-order valence-electron chi connectivity index (χ1n) is 8.67. The van der Waals surface area contributed by atoms with Crippen molar-refractivity contribution in [3.63, 3.8) is 0 Å². The molecule has 9 heteroatoms. The number of benzene rings is 1. The molecular formula is C18H23N5O4. The van der Waals surface area contributed by atoms with Crippen LogP contribution >= 0.6 is 0 Å². The molecule has 2 aliphatic heterocycles. The van der Waals surface area contributed by atoms with Crippen LogP contribution in [-0.4, -0.2) is 73.3 Å². The number of hydrogen-bond acceptors (Lipinski definition) is 5. The summed E-state index contributed by atoms with van der Waals surface area (Å²) in [5.41, 5.74) is 4.88. The smallest absolute Gasteiger partial charge is 0.332 e. The third-order valence-corrected chi connectivity index (χ3v) is 5.09. The summed E-state index contributed by atoms with van der Waals surface area (Å²) in [6, 6.07) is 5.94. The number of urea groups is 1. The summed E-state index contributed by atoms with van der Waals surface area (Å²) in [7, 11) is 5.27. The Kier molecular flexibility index (Phi) is 4.64. The van der Waals surface area contributed by atoms with Gasteiger partial charge in [-0.2, -0.15) is 0 Å². The molecule has 1 atom stereocenters. The number of nitrogens with two attached hydrogens (primary N) is 1. The van der Waals surface area contributed by atoms with Crippen molar-refractivity contribution < 1.29 is 19.2 Å². The van der Waals surface area contributed by atoms with E-state index in [1.165, 1.54) is 9.80 Å². The van der Waals surface area contributed by atoms with Gasteiger partial charge in [-0.3, -0.25) is 14.4 Å². The van der Waals surface area contributed by atoms with Crippen molar-refractivity contribution in [3.8, 4) is 0 Å². The minimum Gasteiger partial charge on any atom is -0.367 e. The summed E-state index contributed by atoms with van der Waals surface area (Å²) in [4.78, 5) is 55.3. The van der Waals surface area contributed by atoms with Crippen LogP contribution in [0.4, 0.5) is 16.2 Å². The van der Waals surface area contributed by atoms with Crippen LogP contribution in [-0.2, 0) is 14.4 Å². The summed E-state index contributed by atoms with van der Waals surface area (Å²) in [6.07, 6.45) is 0.801. The number of anilines is 2. The van der Waals surface area contributed by atoms with Crippen molar-refractivity contribution >= 4 is 35.1 Å². The minimum absolute atomic E-state index is 0.0885. The number of carbonyl (C=O) groups is 4. The third-order valence-electron chi connectivity index (χ3n) is 5.09. The van der Waals surface area contributed by atoms with Crippen LogP contribution in [0.5, 0.6) is 0 Å². The van der Waals surface area contributed by atoms with Crippen molar-refractivity contribution in [2.75, 3.05) is 44.0 Å². The number of imide groups is 1. The van der Waals surface area contributed by atoms with Crippen LogP contribution in [0.15, 0.2) is 24.3 Å². The maximum absolute atomic E-state index is 12.9. The zero-order valence-electron chi connectivity index (χ0n) is 15.6. The van der Waals surface area contributed by atoms with E-state index in [-0.39, 0.29) is 18.9 Å². The lowest BCUT2D eigenvalue weighted by atomic mass is 9.95. The Morgan fingerprint density at radius 3 is 2.30 bits per heavy atom. The molecular weight excluding hydrogens is 350 g/mol. The van der Waals surface area contributed by atoms with Gasteiger partial charge in [-0.15, -0.1) is 0 Å². The molecule has 3 rings (SSSR count). The molecule has 0 unspecified atom stereocenters. The average Bonchev–Trinajstić information content (AvgIpc) is 3.14. The number of rotatable bonds is 5. The Morgan fingerprint density at radius 2 is 1.78 bits per heavy atom. The summed E-state index contributed by atoms with van der Waals surface area (Å²) in [5, 5.41) is 0. The number of likely N-dealkylation sites (N-methyl/N-ethyl adjacent to an activating group) is 2. The molecule has 2 saturated heterocycles. The SMILES string of the molecule is CN(C)CC(=O)N(C)c1ccc(N2C(=O)N3CCC[C@]3(C(N)=O)C2=O)cc1. The molecule has 9 nitrogen and oxygen atoms in total. The number of nitrogens with zero attached hydrogens (tertiary/aromatic N) is 4. The average molecular weight is 373 g/mol. The number of hydrogen-bond donors (Lipinski definition) is 1. The van der Waals surface area contributed by atoms with E-state index in [1.54, 1.807) is 50.3 Å². The minimum atomic E-state index is -1.58. The highest BCUT2D eigenvalue weighted by Crippen LogP contribution is 2.40. The van der Waals surface area contributed by atoms with E-state index in [0.29, 0.717) is 24.3 Å². The second-order valence-corrected chi connectivity index (χ2v) is 7.11. The van der Waals surface area contributed by atoms with Crippen LogP contribution in [0.1, 0.15) is 12.8 Å². The van der Waals surface area contributed by atoms with Gasteiger partial charge < -0.3 is 20.4 Å². The van der Waals surface area contributed by atoms with Gasteiger partial charge in [-0.1, -0.05) is 0 Å². The molecule has 0 bridgehead atoms. The second-order valence-electron chi connectivity index (χ2n) is 7.11. The molecule has 0 saturated carbocycles. The molecule has 2 N–H and O–H groups in total. The molecule has 2 fully saturated rings. The lowest BCUT2D eigenvalue weighted by Crippen LogP contribution is -2.55. The molecule has 0 spiro atoms. The topological polar surface area (TPSA) is 107 Å². The molecule has 5 amide bonds. The summed E-state index contributed by atoms with van der Waals surface area (Å²) in [6.45, 7) is 0.585. The standard InChI is InChI=1S/C18H23N5O4/c1-20(2)11-14(24)21(3)12-5-7-13(8-6-12)23-16(26)18(15(19)25)9-4-10-22(18)17(23)27/h5-8H,4,9-11H2,1-3H3,(H2,19,25)/t18-/m0/s1. The molecule has 2 heterocycles. The van der Waals surface area contributed by atoms with Gasteiger partial charge in [0.15, 0.2) is 0 Å². The summed E-state index contributed by atoms with van der Waals surface area (Å²) in [5.74, 6) is -1.50. The lowest BCUT2D eigenvalue weighted by molar-refractivity contribution is -0.136. The molecule has 1 aromatic carbocycles. The van der Waals surface area contributed by atoms with Crippen LogP contribution in [0.25, 0.3) is 0 Å². The van der Waals surface area contributed by atoms with Crippen LogP contribution in [0.2, 0.25) is 0 Å². The van der Waals surface area contributed by atoms with Gasteiger partial charge in [0.25, 0.3) is 11.8 Å². The van der Waals surface area contributed by atoms with E-state index in [0.717, 1.165) is 4.90 Å². The van der Waals surface area contributed by atoms with Gasteiger partial charge in [0.2, 0.25) is 11.4 Å². The Balaban J connectivity index is 1.86. The maximum Gasteiger partial charge on any atom is 0.332 e. The van der Waals surface area contributed by atoms with Crippen LogP contribution in [0.3, 0.4) is 0 Å². The highest BCUT2D eigenvalue weighted by molar-refractivity contribution is 6.31. The zero-order chi connectivity index (χ0) is 19.9. The van der Waals surface area contributed by atoms with Gasteiger partial charge in [-0.25, -0.2) is 9.69 Å². The van der Waals surface area contributed by atoms with Crippen molar-refractivity contribution in [2.24, 2.45) is 5.73 Å². The first-order chi connectivity index (χ1) is 12.7. The van der Waals surface area contributed by atoms with Crippen molar-refractivity contribution in [3.05, 3.63) is 24.3 Å². The first kappa shape index (κ1) is 18.8. The van der Waals surface area contributed by atoms with E-state index < -0.39 is 23.4 Å². The number of fused-ring (bicyclic) bond motifs is 1. The summed E-state index contributed by atoms with van der Waals surface area (Å²) < 4.78 is 0. The van der Waals surface area contributed by atoms with Gasteiger partial charge in [0.1, 0.15) is 0 Å².